The summed E-state index contributed by atoms with van der Waals surface area (Å²) in [6.07, 6.45) is 2.67. The van der Waals surface area contributed by atoms with Crippen molar-refractivity contribution in [2.45, 2.75) is 38.6 Å². The molecule has 1 unspecified atom stereocenters. The zero-order valence-corrected chi connectivity index (χ0v) is 13.6. The summed E-state index contributed by atoms with van der Waals surface area (Å²) in [5.41, 5.74) is 1.09. The highest BCUT2D eigenvalue weighted by atomic mass is 79.9. The molecular weight excluding hydrogens is 322 g/mol. The Hall–Kier alpha value is -1.07. The van der Waals surface area contributed by atoms with Gasteiger partial charge >= 0.3 is 0 Å². The van der Waals surface area contributed by atoms with Crippen LogP contribution in [0, 0.1) is 0 Å². The minimum absolute atomic E-state index is 0.0439. The smallest absolute Gasteiger partial charge is 0.220 e. The van der Waals surface area contributed by atoms with Gasteiger partial charge in [0.2, 0.25) is 5.91 Å². The van der Waals surface area contributed by atoms with E-state index < -0.39 is 0 Å². The largest absolute Gasteiger partial charge is 0.496 e. The van der Waals surface area contributed by atoms with Crippen LogP contribution in [0.5, 0.6) is 5.75 Å². The highest BCUT2D eigenvalue weighted by Gasteiger charge is 2.08. The lowest BCUT2D eigenvalue weighted by Gasteiger charge is -2.13. The first-order valence-corrected chi connectivity index (χ1v) is 7.58. The van der Waals surface area contributed by atoms with Crippen LogP contribution < -0.4 is 10.1 Å². The van der Waals surface area contributed by atoms with Gasteiger partial charge in [0, 0.05) is 19.1 Å². The summed E-state index contributed by atoms with van der Waals surface area (Å²) in [5, 5.41) is 11.7. The average Bonchev–Trinajstić information content (AvgIpc) is 2.43. The molecule has 0 aliphatic heterocycles. The van der Waals surface area contributed by atoms with E-state index in [9.17, 15) is 4.79 Å². The minimum Gasteiger partial charge on any atom is -0.496 e. The predicted octanol–water partition coefficient (Wildman–Crippen LogP) is 2.67. The second-order valence-corrected chi connectivity index (χ2v) is 5.66. The summed E-state index contributed by atoms with van der Waals surface area (Å²) in [4.78, 5) is 11.8. The summed E-state index contributed by atoms with van der Waals surface area (Å²) < 4.78 is 6.07. The molecule has 1 rings (SSSR count). The van der Waals surface area contributed by atoms with Gasteiger partial charge in [-0.3, -0.25) is 4.79 Å². The minimum atomic E-state index is 0.0439. The fourth-order valence-electron chi connectivity index (χ4n) is 1.94. The molecule has 0 saturated carbocycles. The monoisotopic (exact) mass is 343 g/mol. The maximum atomic E-state index is 11.8. The van der Waals surface area contributed by atoms with Crippen molar-refractivity contribution in [2.24, 2.45) is 0 Å². The number of benzene rings is 1. The Labute approximate surface area is 128 Å². The first-order chi connectivity index (χ1) is 9.56. The molecule has 112 valence electrons. The Kier molecular flexibility index (Phi) is 7.62. The van der Waals surface area contributed by atoms with E-state index in [-0.39, 0.29) is 18.6 Å². The molecule has 0 bridgehead atoms. The van der Waals surface area contributed by atoms with Crippen LogP contribution in [0.15, 0.2) is 22.7 Å². The summed E-state index contributed by atoms with van der Waals surface area (Å²) in [5.74, 6) is 0.832. The fourth-order valence-corrected chi connectivity index (χ4v) is 2.53. The molecule has 0 heterocycles. The van der Waals surface area contributed by atoms with E-state index in [0.717, 1.165) is 22.2 Å². The zero-order chi connectivity index (χ0) is 15.0. The Morgan fingerprint density at radius 1 is 1.50 bits per heavy atom. The first-order valence-electron chi connectivity index (χ1n) is 6.79. The van der Waals surface area contributed by atoms with E-state index in [2.05, 4.69) is 21.2 Å². The van der Waals surface area contributed by atoms with Crippen LogP contribution in [0.2, 0.25) is 0 Å². The molecule has 0 aliphatic rings. The zero-order valence-electron chi connectivity index (χ0n) is 12.0. The van der Waals surface area contributed by atoms with Crippen molar-refractivity contribution >= 4 is 21.8 Å². The van der Waals surface area contributed by atoms with Crippen LogP contribution in [0.3, 0.4) is 0 Å². The van der Waals surface area contributed by atoms with Gasteiger partial charge in [0.25, 0.3) is 0 Å². The number of ether oxygens (including phenoxy) is 1. The summed E-state index contributed by atoms with van der Waals surface area (Å²) in [6.45, 7) is 2.12. The van der Waals surface area contributed by atoms with Crippen molar-refractivity contribution in [3.63, 3.8) is 0 Å². The molecule has 5 heteroatoms. The molecule has 1 aromatic carbocycles. The molecule has 1 atom stereocenters. The third kappa shape index (κ3) is 5.92. The third-order valence-electron chi connectivity index (χ3n) is 3.06. The van der Waals surface area contributed by atoms with Crippen molar-refractivity contribution in [3.8, 4) is 5.75 Å². The third-order valence-corrected chi connectivity index (χ3v) is 3.68. The van der Waals surface area contributed by atoms with Crippen molar-refractivity contribution in [1.29, 1.82) is 0 Å². The molecule has 4 nitrogen and oxygen atoms in total. The number of halogens is 1. The van der Waals surface area contributed by atoms with E-state index in [1.54, 1.807) is 7.11 Å². The van der Waals surface area contributed by atoms with Gasteiger partial charge < -0.3 is 15.2 Å². The Morgan fingerprint density at radius 3 is 2.85 bits per heavy atom. The lowest BCUT2D eigenvalue weighted by Crippen LogP contribution is -2.32. The predicted molar refractivity (Wildman–Crippen MR) is 82.9 cm³/mol. The molecule has 0 spiro atoms. The number of rotatable bonds is 8. The Morgan fingerprint density at radius 2 is 2.25 bits per heavy atom. The number of hydrogen-bond acceptors (Lipinski definition) is 3. The summed E-state index contributed by atoms with van der Waals surface area (Å²) in [6, 6.07) is 5.94. The van der Waals surface area contributed by atoms with Gasteiger partial charge in [-0.15, -0.1) is 0 Å². The van der Waals surface area contributed by atoms with Crippen molar-refractivity contribution < 1.29 is 14.6 Å². The van der Waals surface area contributed by atoms with Crippen molar-refractivity contribution in [1.82, 2.24) is 5.32 Å². The van der Waals surface area contributed by atoms with Crippen LogP contribution in [0.25, 0.3) is 0 Å². The first kappa shape index (κ1) is 17.0. The van der Waals surface area contributed by atoms with E-state index in [0.29, 0.717) is 19.3 Å². The lowest BCUT2D eigenvalue weighted by molar-refractivity contribution is -0.121. The topological polar surface area (TPSA) is 58.6 Å². The van der Waals surface area contributed by atoms with E-state index >= 15 is 0 Å². The summed E-state index contributed by atoms with van der Waals surface area (Å²) >= 11 is 3.43. The molecule has 0 aromatic heterocycles. The van der Waals surface area contributed by atoms with Gasteiger partial charge in [0.1, 0.15) is 5.75 Å². The van der Waals surface area contributed by atoms with Gasteiger partial charge in [0.05, 0.1) is 11.6 Å². The second kappa shape index (κ2) is 8.97. The quantitative estimate of drug-likeness (QED) is 0.762. The molecular formula is C15H22BrNO3. The average molecular weight is 344 g/mol. The van der Waals surface area contributed by atoms with Crippen molar-refractivity contribution in [2.75, 3.05) is 13.7 Å². The van der Waals surface area contributed by atoms with Crippen LogP contribution in [0.4, 0.5) is 0 Å². The molecule has 0 fully saturated rings. The SMILES string of the molecule is COc1ccc(CCC(=O)NC(C)CCCO)cc1Br. The van der Waals surface area contributed by atoms with Crippen LogP contribution >= 0.6 is 15.9 Å². The van der Waals surface area contributed by atoms with Crippen molar-refractivity contribution in [3.05, 3.63) is 28.2 Å². The number of aliphatic hydroxyl groups is 1. The number of hydrogen-bond donors (Lipinski definition) is 2. The fraction of sp³-hybridized carbons (Fsp3) is 0.533. The van der Waals surface area contributed by atoms with Gasteiger partial charge in [-0.1, -0.05) is 6.07 Å². The highest BCUT2D eigenvalue weighted by Crippen LogP contribution is 2.25. The standard InChI is InChI=1S/C15H22BrNO3/c1-11(4-3-9-18)17-15(19)8-6-12-5-7-14(20-2)13(16)10-12/h5,7,10-11,18H,3-4,6,8-9H2,1-2H3,(H,17,19). The number of nitrogens with one attached hydrogen (secondary N) is 1. The Bertz CT molecular complexity index is 437. The number of aliphatic hydroxyl groups excluding tert-OH is 1. The van der Waals surface area contributed by atoms with E-state index in [1.807, 2.05) is 25.1 Å². The number of methoxy groups -OCH3 is 1. The molecule has 0 aliphatic carbocycles. The molecule has 2 N–H and O–H groups in total. The molecule has 20 heavy (non-hydrogen) atoms. The number of aryl methyl sites for hydroxylation is 1. The maximum absolute atomic E-state index is 11.8. The molecule has 0 saturated heterocycles. The second-order valence-electron chi connectivity index (χ2n) is 4.80. The number of amides is 1. The lowest BCUT2D eigenvalue weighted by atomic mass is 10.1. The van der Waals surface area contributed by atoms with Gasteiger partial charge in [-0.05, 0) is 59.8 Å². The van der Waals surface area contributed by atoms with Crippen LogP contribution in [-0.2, 0) is 11.2 Å². The van der Waals surface area contributed by atoms with E-state index in [1.165, 1.54) is 0 Å². The molecule has 0 radical (unpaired) electrons. The Balaban J connectivity index is 2.39. The normalized spacial score (nSPS) is 12.0. The van der Waals surface area contributed by atoms with E-state index in [4.69, 9.17) is 9.84 Å². The molecule has 1 aromatic rings. The summed E-state index contributed by atoms with van der Waals surface area (Å²) in [7, 11) is 1.63. The number of carbonyl (C=O) groups is 1. The number of carbonyl (C=O) groups excluding carboxylic acids is 1. The van der Waals surface area contributed by atoms with Gasteiger partial charge in [0.15, 0.2) is 0 Å². The van der Waals surface area contributed by atoms with Crippen LogP contribution in [-0.4, -0.2) is 30.8 Å². The highest BCUT2D eigenvalue weighted by molar-refractivity contribution is 9.10. The molecule has 1 amide bonds. The van der Waals surface area contributed by atoms with Gasteiger partial charge in [-0.2, -0.15) is 0 Å². The van der Waals surface area contributed by atoms with Crippen LogP contribution in [0.1, 0.15) is 31.7 Å². The maximum Gasteiger partial charge on any atom is 0.220 e. The van der Waals surface area contributed by atoms with Gasteiger partial charge in [-0.25, -0.2) is 0 Å².